The molecule has 8 nitrogen and oxygen atoms in total. The number of carboxylic acids is 1. The Labute approximate surface area is 141 Å². The molecule has 2 unspecified atom stereocenters. The van der Waals surface area contributed by atoms with Crippen molar-refractivity contribution in [2.75, 3.05) is 21.3 Å². The Bertz CT molecular complexity index is 603. The first kappa shape index (κ1) is 19.0. The Morgan fingerprint density at radius 3 is 2.13 bits per heavy atom. The van der Waals surface area contributed by atoms with E-state index in [9.17, 15) is 14.7 Å². The topological polar surface area (TPSA) is 114 Å². The van der Waals surface area contributed by atoms with E-state index in [1.807, 2.05) is 0 Å². The zero-order valence-corrected chi connectivity index (χ0v) is 14.6. The van der Waals surface area contributed by atoms with Crippen LogP contribution in [-0.4, -0.2) is 55.6 Å². The van der Waals surface area contributed by atoms with E-state index in [0.29, 0.717) is 0 Å². The highest BCUT2D eigenvalue weighted by Gasteiger charge is 2.28. The number of benzene rings is 1. The van der Waals surface area contributed by atoms with Crippen LogP contribution in [0.5, 0.6) is 17.2 Å². The molecular formula is C14H18BrNO7. The summed E-state index contributed by atoms with van der Waals surface area (Å²) in [7, 11) is 4.20. The van der Waals surface area contributed by atoms with Gasteiger partial charge in [0.15, 0.2) is 17.5 Å². The number of hydrogen-bond donors (Lipinski definition) is 3. The van der Waals surface area contributed by atoms with Crippen molar-refractivity contribution in [2.45, 2.75) is 19.1 Å². The molecule has 0 bridgehead atoms. The minimum atomic E-state index is -1.45. The molecule has 23 heavy (non-hydrogen) atoms. The minimum absolute atomic E-state index is 0.0754. The molecule has 1 aromatic rings. The van der Waals surface area contributed by atoms with Gasteiger partial charge in [0.25, 0.3) is 5.91 Å². The highest BCUT2D eigenvalue weighted by molar-refractivity contribution is 9.10. The number of aliphatic hydroxyl groups excluding tert-OH is 1. The summed E-state index contributed by atoms with van der Waals surface area (Å²) in [5, 5.41) is 20.7. The second kappa shape index (κ2) is 8.02. The molecule has 0 saturated heterocycles. The lowest BCUT2D eigenvalue weighted by molar-refractivity contribution is -0.141. The van der Waals surface area contributed by atoms with Crippen LogP contribution in [0.4, 0.5) is 0 Å². The second-order valence-electron chi connectivity index (χ2n) is 4.54. The molecule has 0 radical (unpaired) electrons. The lowest BCUT2D eigenvalue weighted by Gasteiger charge is -2.19. The van der Waals surface area contributed by atoms with Gasteiger partial charge in [-0.2, -0.15) is 0 Å². The summed E-state index contributed by atoms with van der Waals surface area (Å²) in [6.45, 7) is 1.27. The Morgan fingerprint density at radius 1 is 1.17 bits per heavy atom. The van der Waals surface area contributed by atoms with Gasteiger partial charge in [-0.3, -0.25) is 4.79 Å². The molecule has 0 fully saturated rings. The predicted molar refractivity (Wildman–Crippen MR) is 84.4 cm³/mol. The van der Waals surface area contributed by atoms with Crippen molar-refractivity contribution < 1.29 is 34.0 Å². The fourth-order valence-electron chi connectivity index (χ4n) is 1.89. The van der Waals surface area contributed by atoms with Gasteiger partial charge in [0.1, 0.15) is 0 Å². The van der Waals surface area contributed by atoms with Gasteiger partial charge >= 0.3 is 5.97 Å². The Balaban J connectivity index is 3.31. The minimum Gasteiger partial charge on any atom is -0.493 e. The van der Waals surface area contributed by atoms with Crippen LogP contribution in [0, 0.1) is 0 Å². The SMILES string of the molecule is COc1cc(C(=O)NC(C(=O)O)C(C)O)c(Br)c(OC)c1OC. The third-order valence-electron chi connectivity index (χ3n) is 3.05. The number of carbonyl (C=O) groups excluding carboxylic acids is 1. The number of rotatable bonds is 7. The van der Waals surface area contributed by atoms with E-state index in [1.54, 1.807) is 0 Å². The van der Waals surface area contributed by atoms with Gasteiger partial charge in [0.05, 0.1) is 37.5 Å². The maximum atomic E-state index is 12.4. The fraction of sp³-hybridized carbons (Fsp3) is 0.429. The quantitative estimate of drug-likeness (QED) is 0.635. The molecule has 0 saturated carbocycles. The van der Waals surface area contributed by atoms with Crippen LogP contribution in [0.3, 0.4) is 0 Å². The van der Waals surface area contributed by atoms with Gasteiger partial charge in [-0.1, -0.05) is 0 Å². The predicted octanol–water partition coefficient (Wildman–Crippen LogP) is 1.04. The maximum Gasteiger partial charge on any atom is 0.328 e. The van der Waals surface area contributed by atoms with Gasteiger partial charge < -0.3 is 29.7 Å². The Hall–Kier alpha value is -2.00. The molecular weight excluding hydrogens is 374 g/mol. The molecule has 0 aliphatic rings. The van der Waals surface area contributed by atoms with E-state index >= 15 is 0 Å². The zero-order valence-electron chi connectivity index (χ0n) is 13.0. The van der Waals surface area contributed by atoms with Crippen LogP contribution in [0.15, 0.2) is 10.5 Å². The van der Waals surface area contributed by atoms with E-state index in [-0.39, 0.29) is 27.3 Å². The first-order valence-corrected chi connectivity index (χ1v) is 7.27. The number of ether oxygens (including phenoxy) is 3. The molecule has 9 heteroatoms. The largest absolute Gasteiger partial charge is 0.493 e. The van der Waals surface area contributed by atoms with Crippen LogP contribution in [0.2, 0.25) is 0 Å². The van der Waals surface area contributed by atoms with E-state index in [0.717, 1.165) is 0 Å². The summed E-state index contributed by atoms with van der Waals surface area (Å²) >= 11 is 3.23. The fourth-order valence-corrected chi connectivity index (χ4v) is 2.53. The van der Waals surface area contributed by atoms with Crippen LogP contribution >= 0.6 is 15.9 Å². The van der Waals surface area contributed by atoms with E-state index in [4.69, 9.17) is 19.3 Å². The van der Waals surface area contributed by atoms with Crippen molar-refractivity contribution in [3.8, 4) is 17.2 Å². The Morgan fingerprint density at radius 2 is 1.74 bits per heavy atom. The smallest absolute Gasteiger partial charge is 0.328 e. The second-order valence-corrected chi connectivity index (χ2v) is 5.33. The van der Waals surface area contributed by atoms with Gasteiger partial charge in [-0.05, 0) is 28.9 Å². The molecule has 3 N–H and O–H groups in total. The number of aliphatic hydroxyl groups is 1. The van der Waals surface area contributed by atoms with Crippen LogP contribution in [0.25, 0.3) is 0 Å². The standard InChI is InChI=1S/C14H18BrNO7/c1-6(17)10(14(19)20)16-13(18)7-5-8(21-2)11(22-3)12(23-4)9(7)15/h5-6,10,17H,1-4H3,(H,16,18)(H,19,20). The number of halogens is 1. The molecule has 1 rings (SSSR count). The van der Waals surface area contributed by atoms with E-state index in [1.165, 1.54) is 34.3 Å². The molecule has 2 atom stereocenters. The summed E-state index contributed by atoms with van der Waals surface area (Å²) in [5.41, 5.74) is 0.0754. The number of methoxy groups -OCH3 is 3. The molecule has 128 valence electrons. The number of hydrogen-bond acceptors (Lipinski definition) is 6. The zero-order chi connectivity index (χ0) is 17.7. The van der Waals surface area contributed by atoms with Crippen molar-refractivity contribution in [3.63, 3.8) is 0 Å². The molecule has 1 aromatic carbocycles. The van der Waals surface area contributed by atoms with Gasteiger partial charge in [-0.15, -0.1) is 0 Å². The van der Waals surface area contributed by atoms with Crippen molar-refractivity contribution in [1.29, 1.82) is 0 Å². The summed E-state index contributed by atoms with van der Waals surface area (Å²) in [6, 6.07) is -0.0738. The first-order valence-electron chi connectivity index (χ1n) is 6.48. The molecule has 0 heterocycles. The number of nitrogens with one attached hydrogen (secondary N) is 1. The maximum absolute atomic E-state index is 12.4. The van der Waals surface area contributed by atoms with Crippen molar-refractivity contribution >= 4 is 27.8 Å². The van der Waals surface area contributed by atoms with Crippen LogP contribution < -0.4 is 19.5 Å². The molecule has 1 amide bonds. The number of carbonyl (C=O) groups is 2. The summed E-state index contributed by atoms with van der Waals surface area (Å²) in [6.07, 6.45) is -1.27. The molecule has 0 aromatic heterocycles. The highest BCUT2D eigenvalue weighted by atomic mass is 79.9. The average Bonchev–Trinajstić information content (AvgIpc) is 2.50. The third-order valence-corrected chi connectivity index (χ3v) is 3.84. The summed E-state index contributed by atoms with van der Waals surface area (Å²) in [5.74, 6) is -1.33. The normalized spacial score (nSPS) is 13.0. The van der Waals surface area contributed by atoms with E-state index in [2.05, 4.69) is 21.2 Å². The Kier molecular flexibility index (Phi) is 6.64. The van der Waals surface area contributed by atoms with Crippen molar-refractivity contribution in [3.05, 3.63) is 16.1 Å². The van der Waals surface area contributed by atoms with Gasteiger partial charge in [0.2, 0.25) is 5.75 Å². The lowest BCUT2D eigenvalue weighted by atomic mass is 10.1. The third kappa shape index (κ3) is 4.05. The van der Waals surface area contributed by atoms with Gasteiger partial charge in [-0.25, -0.2) is 4.79 Å². The molecule has 0 aliphatic carbocycles. The average molecular weight is 392 g/mol. The highest BCUT2D eigenvalue weighted by Crippen LogP contribution is 2.44. The number of amides is 1. The van der Waals surface area contributed by atoms with Gasteiger partial charge in [0, 0.05) is 0 Å². The molecule has 0 spiro atoms. The monoisotopic (exact) mass is 391 g/mol. The van der Waals surface area contributed by atoms with E-state index < -0.39 is 24.0 Å². The van der Waals surface area contributed by atoms with Crippen LogP contribution in [-0.2, 0) is 4.79 Å². The van der Waals surface area contributed by atoms with Crippen molar-refractivity contribution in [1.82, 2.24) is 5.32 Å². The van der Waals surface area contributed by atoms with Crippen LogP contribution in [0.1, 0.15) is 17.3 Å². The number of aliphatic carboxylic acids is 1. The summed E-state index contributed by atoms with van der Waals surface area (Å²) in [4.78, 5) is 23.4. The summed E-state index contributed by atoms with van der Waals surface area (Å²) < 4.78 is 15.8. The van der Waals surface area contributed by atoms with Crippen molar-refractivity contribution in [2.24, 2.45) is 0 Å². The lowest BCUT2D eigenvalue weighted by Crippen LogP contribution is -2.47. The molecule has 0 aliphatic heterocycles. The first-order chi connectivity index (χ1) is 10.8. The number of carboxylic acid groups (broad SMARTS) is 1.